The van der Waals surface area contributed by atoms with Crippen molar-refractivity contribution in [2.75, 3.05) is 45.9 Å². The highest BCUT2D eigenvalue weighted by Crippen LogP contribution is 2.21. The number of morpholine rings is 1. The van der Waals surface area contributed by atoms with Crippen LogP contribution in [0.4, 0.5) is 4.39 Å². The highest BCUT2D eigenvalue weighted by Gasteiger charge is 2.30. The molecular formula is C21H29FIN5O2. The number of halogens is 2. The van der Waals surface area contributed by atoms with Crippen molar-refractivity contribution in [2.45, 2.75) is 26.3 Å². The molecule has 2 aliphatic rings. The van der Waals surface area contributed by atoms with Gasteiger partial charge in [0.15, 0.2) is 5.96 Å². The van der Waals surface area contributed by atoms with Gasteiger partial charge in [-0.3, -0.25) is 4.79 Å². The Morgan fingerprint density at radius 3 is 2.60 bits per heavy atom. The van der Waals surface area contributed by atoms with E-state index in [1.54, 1.807) is 0 Å². The van der Waals surface area contributed by atoms with Crippen LogP contribution >= 0.6 is 24.0 Å². The fraction of sp³-hybridized carbons (Fsp3) is 0.571. The molecule has 2 heterocycles. The third-order valence-electron chi connectivity index (χ3n) is 5.38. The first kappa shape index (κ1) is 24.3. The van der Waals surface area contributed by atoms with Crippen LogP contribution in [-0.4, -0.2) is 67.6 Å². The quantitative estimate of drug-likeness (QED) is 0.368. The number of hydrogen-bond acceptors (Lipinski definition) is 4. The lowest BCUT2D eigenvalue weighted by Gasteiger charge is -2.36. The van der Waals surface area contributed by atoms with Crippen LogP contribution in [0.5, 0.6) is 0 Å². The van der Waals surface area contributed by atoms with Gasteiger partial charge >= 0.3 is 0 Å². The van der Waals surface area contributed by atoms with Gasteiger partial charge in [-0.05, 0) is 38.0 Å². The van der Waals surface area contributed by atoms with Crippen LogP contribution in [-0.2, 0) is 16.1 Å². The summed E-state index contributed by atoms with van der Waals surface area (Å²) >= 11 is 0. The van der Waals surface area contributed by atoms with E-state index in [1.807, 2.05) is 17.9 Å². The molecule has 1 amide bonds. The van der Waals surface area contributed by atoms with E-state index in [0.29, 0.717) is 49.9 Å². The van der Waals surface area contributed by atoms with Crippen molar-refractivity contribution in [3.63, 3.8) is 0 Å². The summed E-state index contributed by atoms with van der Waals surface area (Å²) in [5, 5.41) is 12.3. The summed E-state index contributed by atoms with van der Waals surface area (Å²) in [7, 11) is 0. The molecule has 0 radical (unpaired) electrons. The normalized spacial score (nSPS) is 17.8. The van der Waals surface area contributed by atoms with Gasteiger partial charge in [-0.1, -0.05) is 0 Å². The number of carbonyl (C=O) groups excluding carboxylic acids is 1. The molecule has 164 valence electrons. The van der Waals surface area contributed by atoms with Crippen molar-refractivity contribution in [3.05, 3.63) is 35.1 Å². The smallest absolute Gasteiger partial charge is 0.225 e. The molecule has 30 heavy (non-hydrogen) atoms. The molecule has 7 nitrogen and oxygen atoms in total. The molecule has 1 aromatic rings. The molecule has 3 rings (SSSR count). The second kappa shape index (κ2) is 12.1. The Labute approximate surface area is 194 Å². The van der Waals surface area contributed by atoms with E-state index in [2.05, 4.69) is 15.2 Å². The average Bonchev–Trinajstić information content (AvgIpc) is 2.78. The highest BCUT2D eigenvalue weighted by molar-refractivity contribution is 14.0. The number of ether oxygens (including phenoxy) is 1. The molecule has 0 aromatic heterocycles. The molecule has 0 unspecified atom stereocenters. The monoisotopic (exact) mass is 529 g/mol. The standard InChI is InChI=1S/C21H28FN5O2.HI/c1-2-24-21(25-15-18-13-16(14-23)3-4-19(18)22)27-7-5-17(6-8-27)20(28)26-9-11-29-12-10-26;/h3-4,13,17H,2,5-12,15H2,1H3,(H,24,25);1H. The highest BCUT2D eigenvalue weighted by atomic mass is 127. The lowest BCUT2D eigenvalue weighted by atomic mass is 9.95. The van der Waals surface area contributed by atoms with E-state index in [4.69, 9.17) is 10.00 Å². The molecule has 2 aliphatic heterocycles. The Morgan fingerprint density at radius 2 is 1.97 bits per heavy atom. The first-order valence-electron chi connectivity index (χ1n) is 10.2. The molecule has 2 saturated heterocycles. The molecule has 0 spiro atoms. The molecule has 1 N–H and O–H groups in total. The average molecular weight is 529 g/mol. The third-order valence-corrected chi connectivity index (χ3v) is 5.38. The van der Waals surface area contributed by atoms with Crippen LogP contribution in [0.25, 0.3) is 0 Å². The number of nitrogens with zero attached hydrogens (tertiary/aromatic N) is 4. The van der Waals surface area contributed by atoms with E-state index in [-0.39, 0.29) is 48.2 Å². The Kier molecular flexibility index (Phi) is 9.78. The predicted octanol–water partition coefficient (Wildman–Crippen LogP) is 2.35. The zero-order chi connectivity index (χ0) is 20.6. The van der Waals surface area contributed by atoms with Gasteiger partial charge in [0.1, 0.15) is 5.82 Å². The molecule has 0 saturated carbocycles. The van der Waals surface area contributed by atoms with Gasteiger partial charge < -0.3 is 19.9 Å². The molecule has 1 aromatic carbocycles. The number of aliphatic imine (C=N–C) groups is 1. The van der Waals surface area contributed by atoms with Gasteiger partial charge in [-0.15, -0.1) is 24.0 Å². The minimum absolute atomic E-state index is 0. The molecule has 2 fully saturated rings. The Bertz CT molecular complexity index is 784. The SMILES string of the molecule is CCNC(=NCc1cc(C#N)ccc1F)N1CCC(C(=O)N2CCOCC2)CC1.I. The van der Waals surface area contributed by atoms with Crippen molar-refractivity contribution in [2.24, 2.45) is 10.9 Å². The zero-order valence-electron chi connectivity index (χ0n) is 17.3. The van der Waals surface area contributed by atoms with Gasteiger partial charge in [-0.25, -0.2) is 9.38 Å². The van der Waals surface area contributed by atoms with Crippen molar-refractivity contribution in [1.29, 1.82) is 5.26 Å². The van der Waals surface area contributed by atoms with Crippen molar-refractivity contribution in [3.8, 4) is 6.07 Å². The minimum atomic E-state index is -0.363. The summed E-state index contributed by atoms with van der Waals surface area (Å²) in [6.45, 7) is 6.90. The number of carbonyl (C=O) groups is 1. The fourth-order valence-corrected chi connectivity index (χ4v) is 3.73. The molecular weight excluding hydrogens is 500 g/mol. The first-order valence-corrected chi connectivity index (χ1v) is 10.2. The number of rotatable bonds is 4. The topological polar surface area (TPSA) is 81.0 Å². The summed E-state index contributed by atoms with van der Waals surface area (Å²) in [6.07, 6.45) is 1.55. The molecule has 0 aliphatic carbocycles. The number of benzene rings is 1. The Balaban J connectivity index is 0.00000320. The largest absolute Gasteiger partial charge is 0.378 e. The van der Waals surface area contributed by atoms with Crippen LogP contribution in [0.1, 0.15) is 30.9 Å². The molecule has 0 bridgehead atoms. The summed E-state index contributed by atoms with van der Waals surface area (Å²) in [5.74, 6) is 0.618. The van der Waals surface area contributed by atoms with Crippen LogP contribution in [0.2, 0.25) is 0 Å². The van der Waals surface area contributed by atoms with Gasteiger partial charge in [0, 0.05) is 44.2 Å². The second-order valence-corrected chi connectivity index (χ2v) is 7.29. The number of hydrogen-bond donors (Lipinski definition) is 1. The Hall–Kier alpha value is -1.93. The summed E-state index contributed by atoms with van der Waals surface area (Å²) < 4.78 is 19.4. The van der Waals surface area contributed by atoms with Crippen molar-refractivity contribution in [1.82, 2.24) is 15.1 Å². The maximum atomic E-state index is 14.0. The summed E-state index contributed by atoms with van der Waals surface area (Å²) in [6, 6.07) is 6.33. The van der Waals surface area contributed by atoms with Crippen LogP contribution < -0.4 is 5.32 Å². The van der Waals surface area contributed by atoms with E-state index >= 15 is 0 Å². The van der Waals surface area contributed by atoms with E-state index in [0.717, 1.165) is 25.9 Å². The van der Waals surface area contributed by atoms with Crippen molar-refractivity contribution < 1.29 is 13.9 Å². The fourth-order valence-electron chi connectivity index (χ4n) is 3.73. The lowest BCUT2D eigenvalue weighted by Crippen LogP contribution is -2.50. The zero-order valence-corrected chi connectivity index (χ0v) is 19.6. The summed E-state index contributed by atoms with van der Waals surface area (Å²) in [5.41, 5.74) is 0.820. The maximum Gasteiger partial charge on any atom is 0.225 e. The Morgan fingerprint density at radius 1 is 1.27 bits per heavy atom. The predicted molar refractivity (Wildman–Crippen MR) is 123 cm³/mol. The minimum Gasteiger partial charge on any atom is -0.378 e. The summed E-state index contributed by atoms with van der Waals surface area (Å²) in [4.78, 5) is 21.3. The molecule has 9 heteroatoms. The van der Waals surface area contributed by atoms with Gasteiger partial charge in [0.25, 0.3) is 0 Å². The van der Waals surface area contributed by atoms with E-state index in [9.17, 15) is 9.18 Å². The lowest BCUT2D eigenvalue weighted by molar-refractivity contribution is -0.140. The van der Waals surface area contributed by atoms with E-state index in [1.165, 1.54) is 18.2 Å². The number of likely N-dealkylation sites (tertiary alicyclic amines) is 1. The van der Waals surface area contributed by atoms with E-state index < -0.39 is 0 Å². The van der Waals surface area contributed by atoms with Crippen LogP contribution in [0.3, 0.4) is 0 Å². The number of nitriles is 1. The van der Waals surface area contributed by atoms with Crippen LogP contribution in [0.15, 0.2) is 23.2 Å². The number of amides is 1. The van der Waals surface area contributed by atoms with Gasteiger partial charge in [0.2, 0.25) is 5.91 Å². The van der Waals surface area contributed by atoms with Gasteiger partial charge in [0.05, 0.1) is 31.4 Å². The first-order chi connectivity index (χ1) is 14.1. The van der Waals surface area contributed by atoms with Crippen LogP contribution in [0, 0.1) is 23.1 Å². The maximum absolute atomic E-state index is 14.0. The molecule has 0 atom stereocenters. The van der Waals surface area contributed by atoms with Crippen molar-refractivity contribution >= 4 is 35.8 Å². The third kappa shape index (κ3) is 6.28. The van der Waals surface area contributed by atoms with Gasteiger partial charge in [-0.2, -0.15) is 5.26 Å². The second-order valence-electron chi connectivity index (χ2n) is 7.29. The number of guanidine groups is 1. The number of piperidine rings is 1. The number of nitrogens with one attached hydrogen (secondary N) is 1.